The Morgan fingerprint density at radius 3 is 2.69 bits per heavy atom. The van der Waals surface area contributed by atoms with Gasteiger partial charge in [-0.05, 0) is 62.5 Å². The smallest absolute Gasteiger partial charge is 0.339 e. The number of ketones is 1. The number of carbonyl (C=O) groups excluding carboxylic acids is 2. The van der Waals surface area contributed by atoms with Gasteiger partial charge in [-0.3, -0.25) is 9.59 Å². The van der Waals surface area contributed by atoms with Crippen LogP contribution in [0.1, 0.15) is 69.2 Å². The van der Waals surface area contributed by atoms with Gasteiger partial charge in [0.25, 0.3) is 0 Å². The number of anilines is 1. The van der Waals surface area contributed by atoms with E-state index in [9.17, 15) is 24.6 Å². The minimum atomic E-state index is -1.37. The molecule has 3 unspecified atom stereocenters. The quantitative estimate of drug-likeness (QED) is 0.512. The zero-order chi connectivity index (χ0) is 23.1. The zero-order valence-corrected chi connectivity index (χ0v) is 18.3. The van der Waals surface area contributed by atoms with E-state index < -0.39 is 34.4 Å². The number of rotatable bonds is 5. The number of phenolic OH excluding ortho intramolecular Hbond substituents is 1. The molecule has 6 rings (SSSR count). The Morgan fingerprint density at radius 1 is 1.25 bits per heavy atom. The molecule has 1 amide bonds. The molecule has 172 valence electrons. The summed E-state index contributed by atoms with van der Waals surface area (Å²) in [4.78, 5) is 37.1. The summed E-state index contributed by atoms with van der Waals surface area (Å²) in [6.45, 7) is 4.17. The summed E-state index contributed by atoms with van der Waals surface area (Å²) < 4.78 is 6.44. The minimum absolute atomic E-state index is 0.0123. The van der Waals surface area contributed by atoms with Crippen LogP contribution in [0.15, 0.2) is 12.1 Å². The molecule has 6 atom stereocenters. The Hall–Kier alpha value is -2.61. The van der Waals surface area contributed by atoms with Crippen LogP contribution in [0.25, 0.3) is 0 Å². The summed E-state index contributed by atoms with van der Waals surface area (Å²) >= 11 is 0. The van der Waals surface area contributed by atoms with Gasteiger partial charge >= 0.3 is 5.97 Å². The van der Waals surface area contributed by atoms with Gasteiger partial charge in [-0.15, -0.1) is 0 Å². The molecule has 3 aliphatic carbocycles. The van der Waals surface area contributed by atoms with Gasteiger partial charge in [-0.1, -0.05) is 6.92 Å². The van der Waals surface area contributed by atoms with Crippen LogP contribution in [0.2, 0.25) is 0 Å². The van der Waals surface area contributed by atoms with Crippen LogP contribution in [-0.4, -0.2) is 44.7 Å². The average Bonchev–Trinajstić information content (AvgIpc) is 3.08. The normalized spacial score (nSPS) is 39.2. The highest BCUT2D eigenvalue weighted by molar-refractivity contribution is 5.99. The van der Waals surface area contributed by atoms with Gasteiger partial charge in [0.1, 0.15) is 22.8 Å². The van der Waals surface area contributed by atoms with E-state index in [1.165, 1.54) is 0 Å². The maximum atomic E-state index is 13.2. The third-order valence-corrected chi connectivity index (χ3v) is 8.88. The standard InChI is InChI=1S/C24H29NO7/c1-22(7-6-17(28)25-18-14(26)4-3-13(19(18)29)21(30)31)16(27)5-8-24-10-12-9-15(20(22)24)32-23(12,2)11-24/h3-4,12,15,20,26,29H,5-11H2,1-2H3,(H,25,28)(H,30,31)/t12-,15?,20?,22+,23?,24+/m0/s1. The molecule has 1 spiro atoms. The van der Waals surface area contributed by atoms with Crippen molar-refractivity contribution in [2.24, 2.45) is 22.7 Å². The molecule has 8 heteroatoms. The summed E-state index contributed by atoms with van der Waals surface area (Å²) in [7, 11) is 0. The van der Waals surface area contributed by atoms with Crippen LogP contribution in [0, 0.1) is 22.7 Å². The molecular weight excluding hydrogens is 414 g/mol. The maximum absolute atomic E-state index is 13.2. The number of carboxylic acids is 1. The van der Waals surface area contributed by atoms with E-state index >= 15 is 0 Å². The van der Waals surface area contributed by atoms with Crippen LogP contribution in [-0.2, 0) is 14.3 Å². The summed E-state index contributed by atoms with van der Waals surface area (Å²) in [6.07, 6.45) is 4.85. The fraction of sp³-hybridized carbons (Fsp3) is 0.625. The Labute approximate surface area is 186 Å². The van der Waals surface area contributed by atoms with E-state index in [1.807, 2.05) is 6.92 Å². The number of Topliss-reactive ketones (excluding diaryl/α,β-unsaturated/α-hetero) is 1. The molecule has 1 aromatic rings. The third kappa shape index (κ3) is 2.81. The summed E-state index contributed by atoms with van der Waals surface area (Å²) in [6, 6.07) is 2.17. The molecule has 2 saturated heterocycles. The number of carbonyl (C=O) groups is 3. The number of hydrogen-bond acceptors (Lipinski definition) is 6. The first-order valence-electron chi connectivity index (χ1n) is 11.3. The lowest BCUT2D eigenvalue weighted by Gasteiger charge is -2.57. The molecular formula is C24H29NO7. The molecule has 32 heavy (non-hydrogen) atoms. The third-order valence-electron chi connectivity index (χ3n) is 8.88. The number of carboxylic acid groups (broad SMARTS) is 1. The Kier molecular flexibility index (Phi) is 4.45. The van der Waals surface area contributed by atoms with Crippen molar-refractivity contribution < 1.29 is 34.4 Å². The predicted octanol–water partition coefficient (Wildman–Crippen LogP) is 3.46. The summed E-state index contributed by atoms with van der Waals surface area (Å²) in [5.41, 5.74) is -1.40. The number of hydrogen-bond donors (Lipinski definition) is 4. The van der Waals surface area contributed by atoms with Crippen molar-refractivity contribution in [1.82, 2.24) is 0 Å². The Bertz CT molecular complexity index is 1040. The number of aromatic carboxylic acids is 1. The van der Waals surface area contributed by atoms with Crippen LogP contribution >= 0.6 is 0 Å². The molecule has 2 aliphatic heterocycles. The molecule has 4 N–H and O–H groups in total. The lowest BCUT2D eigenvalue weighted by Crippen LogP contribution is -2.58. The first-order chi connectivity index (χ1) is 15.0. The fourth-order valence-corrected chi connectivity index (χ4v) is 7.60. The average molecular weight is 443 g/mol. The lowest BCUT2D eigenvalue weighted by molar-refractivity contribution is -0.191. The molecule has 1 aromatic carbocycles. The summed E-state index contributed by atoms with van der Waals surface area (Å²) in [5, 5.41) is 31.8. The van der Waals surface area contributed by atoms with E-state index in [4.69, 9.17) is 9.84 Å². The van der Waals surface area contributed by atoms with Crippen LogP contribution in [0.4, 0.5) is 5.69 Å². The lowest BCUT2D eigenvalue weighted by atomic mass is 9.48. The highest BCUT2D eigenvalue weighted by Crippen LogP contribution is 2.73. The SMILES string of the molecule is CC12C[C@]34CCC(=O)[C@@](C)(CCC(=O)Nc5c(O)ccc(C(=O)O)c5O)C3C(C[C@H]1C4)O2. The second kappa shape index (κ2) is 6.70. The fourth-order valence-electron chi connectivity index (χ4n) is 7.60. The van der Waals surface area contributed by atoms with Crippen LogP contribution < -0.4 is 5.32 Å². The topological polar surface area (TPSA) is 133 Å². The predicted molar refractivity (Wildman–Crippen MR) is 113 cm³/mol. The number of phenols is 2. The van der Waals surface area contributed by atoms with Gasteiger partial charge in [0, 0.05) is 24.2 Å². The first-order valence-corrected chi connectivity index (χ1v) is 11.3. The Balaban J connectivity index is 1.35. The van der Waals surface area contributed by atoms with Gasteiger partial charge in [0.2, 0.25) is 5.91 Å². The van der Waals surface area contributed by atoms with Crippen molar-refractivity contribution in [2.75, 3.05) is 5.32 Å². The van der Waals surface area contributed by atoms with E-state index in [0.717, 1.165) is 37.8 Å². The van der Waals surface area contributed by atoms with Gasteiger partial charge in [-0.25, -0.2) is 4.79 Å². The first kappa shape index (κ1) is 21.2. The van der Waals surface area contributed by atoms with E-state index in [0.29, 0.717) is 18.8 Å². The highest BCUT2D eigenvalue weighted by atomic mass is 16.5. The molecule has 5 fully saturated rings. The molecule has 0 radical (unpaired) electrons. The second-order valence-corrected chi connectivity index (χ2v) is 10.7. The van der Waals surface area contributed by atoms with E-state index in [1.54, 1.807) is 0 Å². The van der Waals surface area contributed by atoms with Crippen LogP contribution in [0.3, 0.4) is 0 Å². The molecule has 8 nitrogen and oxygen atoms in total. The van der Waals surface area contributed by atoms with Gasteiger partial charge in [-0.2, -0.15) is 0 Å². The van der Waals surface area contributed by atoms with Gasteiger partial charge in [0.05, 0.1) is 11.7 Å². The van der Waals surface area contributed by atoms with Crippen molar-refractivity contribution >= 4 is 23.3 Å². The molecule has 5 aliphatic rings. The van der Waals surface area contributed by atoms with E-state index in [2.05, 4.69) is 12.2 Å². The van der Waals surface area contributed by atoms with Crippen LogP contribution in [0.5, 0.6) is 11.5 Å². The number of nitrogens with one attached hydrogen (secondary N) is 1. The Morgan fingerprint density at radius 2 is 2.00 bits per heavy atom. The van der Waals surface area contributed by atoms with Gasteiger partial charge in [0.15, 0.2) is 5.75 Å². The van der Waals surface area contributed by atoms with Crippen molar-refractivity contribution in [2.45, 2.75) is 70.5 Å². The summed E-state index contributed by atoms with van der Waals surface area (Å²) in [5.74, 6) is -2.18. The molecule has 2 heterocycles. The largest absolute Gasteiger partial charge is 0.506 e. The van der Waals surface area contributed by atoms with Crippen molar-refractivity contribution in [3.8, 4) is 11.5 Å². The van der Waals surface area contributed by atoms with Crippen molar-refractivity contribution in [3.05, 3.63) is 17.7 Å². The zero-order valence-electron chi connectivity index (χ0n) is 18.3. The molecule has 0 aromatic heterocycles. The van der Waals surface area contributed by atoms with Crippen molar-refractivity contribution in [1.29, 1.82) is 0 Å². The molecule has 4 bridgehead atoms. The van der Waals surface area contributed by atoms with Crippen molar-refractivity contribution in [3.63, 3.8) is 0 Å². The monoisotopic (exact) mass is 443 g/mol. The second-order valence-electron chi connectivity index (χ2n) is 10.7. The number of benzene rings is 1. The number of ether oxygens (including phenoxy) is 1. The maximum Gasteiger partial charge on any atom is 0.339 e. The molecule has 3 saturated carbocycles. The minimum Gasteiger partial charge on any atom is -0.506 e. The van der Waals surface area contributed by atoms with E-state index in [-0.39, 0.29) is 40.9 Å². The number of aromatic hydroxyl groups is 2. The number of amides is 1. The highest BCUT2D eigenvalue weighted by Gasteiger charge is 2.72. The van der Waals surface area contributed by atoms with Gasteiger partial charge < -0.3 is 25.4 Å².